The van der Waals surface area contributed by atoms with E-state index in [-0.39, 0.29) is 12.3 Å². The molecule has 0 unspecified atom stereocenters. The fourth-order valence-electron chi connectivity index (χ4n) is 2.42. The molecule has 0 radical (unpaired) electrons. The smallest absolute Gasteiger partial charge is 0.387 e. The van der Waals surface area contributed by atoms with Crippen molar-refractivity contribution in [3.8, 4) is 5.75 Å². The average molecular weight is 391 g/mol. The van der Waals surface area contributed by atoms with Crippen LogP contribution in [0.2, 0.25) is 0 Å². The molecule has 0 saturated heterocycles. The number of ether oxygens (including phenoxy) is 2. The number of hydrogen-bond acceptors (Lipinski definition) is 4. The van der Waals surface area contributed by atoms with E-state index in [0.29, 0.717) is 30.2 Å². The summed E-state index contributed by atoms with van der Waals surface area (Å²) in [6.45, 7) is 0.344. The quantitative estimate of drug-likeness (QED) is 0.410. The number of carbonyl (C=O) groups excluding carboxylic acids is 1. The van der Waals surface area contributed by atoms with Gasteiger partial charge in [0, 0.05) is 18.7 Å². The SMILES string of the molecule is CCNC(=NCc1ccc(C(=O)OC)cc1)NCc1ccccc1OC(F)F. The summed E-state index contributed by atoms with van der Waals surface area (Å²) < 4.78 is 34.2. The van der Waals surface area contributed by atoms with Crippen molar-refractivity contribution in [1.82, 2.24) is 10.6 Å². The third-order valence-corrected chi connectivity index (χ3v) is 3.77. The van der Waals surface area contributed by atoms with Crippen LogP contribution in [0.25, 0.3) is 0 Å². The first-order valence-corrected chi connectivity index (χ1v) is 8.75. The summed E-state index contributed by atoms with van der Waals surface area (Å²) in [5, 5.41) is 6.20. The molecular weight excluding hydrogens is 368 g/mol. The Labute approximate surface area is 162 Å². The van der Waals surface area contributed by atoms with Gasteiger partial charge < -0.3 is 20.1 Å². The predicted molar refractivity (Wildman–Crippen MR) is 103 cm³/mol. The number of halogens is 2. The van der Waals surface area contributed by atoms with Crippen LogP contribution in [0.4, 0.5) is 8.78 Å². The average Bonchev–Trinajstić information content (AvgIpc) is 2.70. The number of nitrogens with zero attached hydrogens (tertiary/aromatic N) is 1. The summed E-state index contributed by atoms with van der Waals surface area (Å²) >= 11 is 0. The molecule has 28 heavy (non-hydrogen) atoms. The first kappa shape index (κ1) is 21.1. The van der Waals surface area contributed by atoms with Gasteiger partial charge >= 0.3 is 12.6 Å². The maximum absolute atomic E-state index is 12.5. The lowest BCUT2D eigenvalue weighted by atomic mass is 10.1. The van der Waals surface area contributed by atoms with Gasteiger partial charge in [0.05, 0.1) is 19.2 Å². The molecule has 0 heterocycles. The molecule has 0 saturated carbocycles. The van der Waals surface area contributed by atoms with Crippen LogP contribution in [0.15, 0.2) is 53.5 Å². The molecule has 0 spiro atoms. The van der Waals surface area contributed by atoms with E-state index in [2.05, 4.69) is 25.1 Å². The predicted octanol–water partition coefficient (Wildman–Crippen LogP) is 3.33. The fourth-order valence-corrected chi connectivity index (χ4v) is 2.42. The molecule has 0 aliphatic heterocycles. The molecule has 150 valence electrons. The lowest BCUT2D eigenvalue weighted by Crippen LogP contribution is -2.36. The summed E-state index contributed by atoms with van der Waals surface area (Å²) in [5.41, 5.74) is 1.97. The van der Waals surface area contributed by atoms with E-state index in [9.17, 15) is 13.6 Å². The zero-order valence-corrected chi connectivity index (χ0v) is 15.7. The van der Waals surface area contributed by atoms with E-state index < -0.39 is 12.6 Å². The maximum Gasteiger partial charge on any atom is 0.387 e. The number of guanidine groups is 1. The molecule has 0 aliphatic carbocycles. The second kappa shape index (κ2) is 10.9. The summed E-state index contributed by atoms with van der Waals surface area (Å²) in [5.74, 6) is 0.264. The van der Waals surface area contributed by atoms with E-state index in [0.717, 1.165) is 5.56 Å². The number of alkyl halides is 2. The van der Waals surface area contributed by atoms with Crippen LogP contribution < -0.4 is 15.4 Å². The van der Waals surface area contributed by atoms with Gasteiger partial charge in [-0.25, -0.2) is 9.79 Å². The fraction of sp³-hybridized carbons (Fsp3) is 0.300. The number of methoxy groups -OCH3 is 1. The molecule has 0 aliphatic rings. The van der Waals surface area contributed by atoms with Gasteiger partial charge in [0.15, 0.2) is 5.96 Å². The Hall–Kier alpha value is -3.16. The topological polar surface area (TPSA) is 72.0 Å². The van der Waals surface area contributed by atoms with Crippen molar-refractivity contribution < 1.29 is 23.0 Å². The molecule has 6 nitrogen and oxygen atoms in total. The lowest BCUT2D eigenvalue weighted by Gasteiger charge is -2.14. The van der Waals surface area contributed by atoms with E-state index in [1.807, 2.05) is 6.92 Å². The minimum absolute atomic E-state index is 0.124. The van der Waals surface area contributed by atoms with Gasteiger partial charge in [-0.3, -0.25) is 0 Å². The van der Waals surface area contributed by atoms with Crippen LogP contribution >= 0.6 is 0 Å². The van der Waals surface area contributed by atoms with Crippen LogP contribution in [0.5, 0.6) is 5.75 Å². The second-order valence-electron chi connectivity index (χ2n) is 5.72. The highest BCUT2D eigenvalue weighted by Crippen LogP contribution is 2.19. The van der Waals surface area contributed by atoms with Crippen molar-refractivity contribution in [2.45, 2.75) is 26.6 Å². The van der Waals surface area contributed by atoms with Crippen molar-refractivity contribution in [3.63, 3.8) is 0 Å². The van der Waals surface area contributed by atoms with Crippen molar-refractivity contribution in [3.05, 3.63) is 65.2 Å². The first-order valence-electron chi connectivity index (χ1n) is 8.75. The van der Waals surface area contributed by atoms with Gasteiger partial charge in [0.25, 0.3) is 0 Å². The Morgan fingerprint density at radius 3 is 2.46 bits per heavy atom. The van der Waals surface area contributed by atoms with Crippen LogP contribution in [-0.4, -0.2) is 32.2 Å². The molecule has 0 atom stereocenters. The number of hydrogen-bond donors (Lipinski definition) is 2. The maximum atomic E-state index is 12.5. The van der Waals surface area contributed by atoms with Gasteiger partial charge in [-0.05, 0) is 30.7 Å². The highest BCUT2D eigenvalue weighted by atomic mass is 19.3. The summed E-state index contributed by atoms with van der Waals surface area (Å²) in [7, 11) is 1.33. The number of para-hydroxylation sites is 1. The second-order valence-corrected chi connectivity index (χ2v) is 5.72. The third-order valence-electron chi connectivity index (χ3n) is 3.77. The Balaban J connectivity index is 2.02. The Morgan fingerprint density at radius 2 is 1.82 bits per heavy atom. The number of nitrogens with one attached hydrogen (secondary N) is 2. The minimum Gasteiger partial charge on any atom is -0.465 e. The molecule has 2 aromatic carbocycles. The largest absolute Gasteiger partial charge is 0.465 e. The first-order chi connectivity index (χ1) is 13.5. The zero-order chi connectivity index (χ0) is 20.4. The summed E-state index contributed by atoms with van der Waals surface area (Å²) in [6, 6.07) is 13.5. The normalized spacial score (nSPS) is 11.2. The summed E-state index contributed by atoms with van der Waals surface area (Å²) in [6.07, 6.45) is 0. The van der Waals surface area contributed by atoms with E-state index in [4.69, 9.17) is 0 Å². The van der Waals surface area contributed by atoms with Gasteiger partial charge in [0.1, 0.15) is 5.75 Å². The number of benzene rings is 2. The van der Waals surface area contributed by atoms with Crippen molar-refractivity contribution in [2.75, 3.05) is 13.7 Å². The molecular formula is C20H23F2N3O3. The number of esters is 1. The summed E-state index contributed by atoms with van der Waals surface area (Å²) in [4.78, 5) is 15.9. The third kappa shape index (κ3) is 6.53. The monoisotopic (exact) mass is 391 g/mol. The van der Waals surface area contributed by atoms with E-state index in [1.54, 1.807) is 42.5 Å². The van der Waals surface area contributed by atoms with Crippen LogP contribution in [-0.2, 0) is 17.8 Å². The number of rotatable bonds is 8. The lowest BCUT2D eigenvalue weighted by molar-refractivity contribution is -0.0504. The van der Waals surface area contributed by atoms with Crippen molar-refractivity contribution in [1.29, 1.82) is 0 Å². The molecule has 0 aromatic heterocycles. The van der Waals surface area contributed by atoms with Gasteiger partial charge in [0.2, 0.25) is 0 Å². The van der Waals surface area contributed by atoms with Crippen LogP contribution in [0.3, 0.4) is 0 Å². The molecule has 2 N–H and O–H groups in total. The molecule has 0 amide bonds. The molecule has 8 heteroatoms. The number of aliphatic imine (C=N–C) groups is 1. The van der Waals surface area contributed by atoms with E-state index in [1.165, 1.54) is 13.2 Å². The molecule has 0 fully saturated rings. The number of carbonyl (C=O) groups is 1. The Bertz CT molecular complexity index is 796. The zero-order valence-electron chi connectivity index (χ0n) is 15.7. The van der Waals surface area contributed by atoms with Gasteiger partial charge in [-0.15, -0.1) is 0 Å². The Morgan fingerprint density at radius 1 is 1.11 bits per heavy atom. The van der Waals surface area contributed by atoms with E-state index >= 15 is 0 Å². The molecule has 2 aromatic rings. The van der Waals surface area contributed by atoms with Crippen molar-refractivity contribution in [2.24, 2.45) is 4.99 Å². The van der Waals surface area contributed by atoms with Crippen LogP contribution in [0.1, 0.15) is 28.4 Å². The molecule has 2 rings (SSSR count). The molecule has 0 bridgehead atoms. The highest BCUT2D eigenvalue weighted by molar-refractivity contribution is 5.89. The standard InChI is InChI=1S/C20H23F2N3O3/c1-3-23-20(24-12-14-8-10-15(11-9-14)18(26)27-2)25-13-16-6-4-5-7-17(16)28-19(21)22/h4-11,19H,3,12-13H2,1-2H3,(H2,23,24,25). The Kier molecular flexibility index (Phi) is 8.20. The minimum atomic E-state index is -2.88. The van der Waals surface area contributed by atoms with Gasteiger partial charge in [-0.2, -0.15) is 8.78 Å². The highest BCUT2D eigenvalue weighted by Gasteiger charge is 2.09. The van der Waals surface area contributed by atoms with Crippen LogP contribution in [0, 0.1) is 0 Å². The van der Waals surface area contributed by atoms with Crippen molar-refractivity contribution >= 4 is 11.9 Å². The van der Waals surface area contributed by atoms with Gasteiger partial charge in [-0.1, -0.05) is 30.3 Å².